The van der Waals surface area contributed by atoms with Gasteiger partial charge in [-0.15, -0.1) is 0 Å². The second-order valence-corrected chi connectivity index (χ2v) is 7.92. The number of hydrogen-bond acceptors (Lipinski definition) is 3. The number of benzene rings is 2. The Balaban J connectivity index is 1.51. The first-order valence-electron chi connectivity index (χ1n) is 10.7. The van der Waals surface area contributed by atoms with Crippen molar-refractivity contribution in [1.29, 1.82) is 0 Å². The van der Waals surface area contributed by atoms with Gasteiger partial charge in [0.05, 0.1) is 17.6 Å². The fourth-order valence-electron chi connectivity index (χ4n) is 4.48. The zero-order valence-corrected chi connectivity index (χ0v) is 17.1. The van der Waals surface area contributed by atoms with Gasteiger partial charge in [-0.3, -0.25) is 4.90 Å². The van der Waals surface area contributed by atoms with Crippen LogP contribution in [0.4, 0.5) is 0 Å². The predicted molar refractivity (Wildman–Crippen MR) is 116 cm³/mol. The van der Waals surface area contributed by atoms with Gasteiger partial charge in [-0.2, -0.15) is 0 Å². The van der Waals surface area contributed by atoms with Crippen LogP contribution < -0.4 is 5.32 Å². The molecule has 4 heteroatoms. The fraction of sp³-hybridized carbons (Fsp3) is 0.458. The van der Waals surface area contributed by atoms with E-state index in [1.165, 1.54) is 29.7 Å². The first kappa shape index (κ1) is 19.2. The van der Waals surface area contributed by atoms with Gasteiger partial charge in [-0.25, -0.2) is 4.98 Å². The van der Waals surface area contributed by atoms with E-state index in [-0.39, 0.29) is 0 Å². The molecule has 148 valence electrons. The molecule has 1 fully saturated rings. The molecule has 1 aromatic heterocycles. The number of imidazole rings is 1. The van der Waals surface area contributed by atoms with Gasteiger partial charge in [-0.05, 0) is 50.4 Å². The minimum atomic E-state index is 0.479. The van der Waals surface area contributed by atoms with Crippen LogP contribution in [0, 0.1) is 0 Å². The zero-order chi connectivity index (χ0) is 19.3. The molecule has 1 unspecified atom stereocenters. The van der Waals surface area contributed by atoms with E-state index in [2.05, 4.69) is 83.2 Å². The molecule has 2 heterocycles. The van der Waals surface area contributed by atoms with Gasteiger partial charge < -0.3 is 9.88 Å². The number of hydrogen-bond donors (Lipinski definition) is 1. The molecule has 2 aromatic carbocycles. The van der Waals surface area contributed by atoms with Crippen molar-refractivity contribution in [3.8, 4) is 0 Å². The second kappa shape index (κ2) is 8.89. The van der Waals surface area contributed by atoms with Crippen LogP contribution in [0.1, 0.15) is 56.6 Å². The molecule has 4 nitrogen and oxygen atoms in total. The molecular weight excluding hydrogens is 344 g/mol. The second-order valence-electron chi connectivity index (χ2n) is 7.92. The van der Waals surface area contributed by atoms with Crippen molar-refractivity contribution in [2.24, 2.45) is 0 Å². The van der Waals surface area contributed by atoms with E-state index in [0.717, 1.165) is 38.1 Å². The summed E-state index contributed by atoms with van der Waals surface area (Å²) in [5, 5.41) is 3.55. The Labute approximate surface area is 168 Å². The van der Waals surface area contributed by atoms with E-state index in [1.807, 2.05) is 0 Å². The number of aromatic nitrogens is 2. The van der Waals surface area contributed by atoms with Gasteiger partial charge >= 0.3 is 0 Å². The average Bonchev–Trinajstić information content (AvgIpc) is 3.12. The lowest BCUT2D eigenvalue weighted by Gasteiger charge is -2.37. The normalized spacial score (nSPS) is 17.2. The number of nitrogens with zero attached hydrogens (tertiary/aromatic N) is 3. The van der Waals surface area contributed by atoms with E-state index >= 15 is 0 Å². The van der Waals surface area contributed by atoms with Gasteiger partial charge in [0.15, 0.2) is 0 Å². The van der Waals surface area contributed by atoms with Gasteiger partial charge in [0, 0.05) is 25.2 Å². The number of para-hydroxylation sites is 2. The SMILES string of the molecule is CCCNCc1nc2ccccc2n1C1CCN(C(C)c2ccccc2)CC1. The van der Waals surface area contributed by atoms with Crippen LogP contribution in [0.25, 0.3) is 11.0 Å². The highest BCUT2D eigenvalue weighted by Gasteiger charge is 2.27. The van der Waals surface area contributed by atoms with Crippen molar-refractivity contribution in [3.05, 3.63) is 66.0 Å². The molecule has 1 aliphatic heterocycles. The summed E-state index contributed by atoms with van der Waals surface area (Å²) in [7, 11) is 0. The topological polar surface area (TPSA) is 33.1 Å². The Morgan fingerprint density at radius 3 is 2.50 bits per heavy atom. The molecule has 28 heavy (non-hydrogen) atoms. The highest BCUT2D eigenvalue weighted by molar-refractivity contribution is 5.76. The van der Waals surface area contributed by atoms with Crippen LogP contribution in [-0.2, 0) is 6.54 Å². The largest absolute Gasteiger partial charge is 0.324 e. The zero-order valence-electron chi connectivity index (χ0n) is 17.1. The maximum absolute atomic E-state index is 4.95. The number of piperidine rings is 1. The molecular formula is C24H32N4. The molecule has 1 N–H and O–H groups in total. The highest BCUT2D eigenvalue weighted by Crippen LogP contribution is 2.32. The number of rotatable bonds is 7. The van der Waals surface area contributed by atoms with Crippen molar-refractivity contribution >= 4 is 11.0 Å². The number of fused-ring (bicyclic) bond motifs is 1. The maximum Gasteiger partial charge on any atom is 0.124 e. The van der Waals surface area contributed by atoms with Gasteiger partial charge in [0.2, 0.25) is 0 Å². The lowest BCUT2D eigenvalue weighted by molar-refractivity contribution is 0.143. The molecule has 3 aromatic rings. The quantitative estimate of drug-likeness (QED) is 0.593. The van der Waals surface area contributed by atoms with Crippen LogP contribution in [0.3, 0.4) is 0 Å². The van der Waals surface area contributed by atoms with Crippen LogP contribution in [0.15, 0.2) is 54.6 Å². The Kier molecular flexibility index (Phi) is 6.08. The summed E-state index contributed by atoms with van der Waals surface area (Å²) >= 11 is 0. The third-order valence-corrected chi connectivity index (χ3v) is 6.07. The average molecular weight is 377 g/mol. The first-order chi connectivity index (χ1) is 13.8. The molecule has 0 radical (unpaired) electrons. The minimum Gasteiger partial charge on any atom is -0.324 e. The summed E-state index contributed by atoms with van der Waals surface area (Å²) in [6, 6.07) is 20.5. The molecule has 1 saturated heterocycles. The molecule has 0 spiro atoms. The maximum atomic E-state index is 4.95. The van der Waals surface area contributed by atoms with Gasteiger partial charge in [0.1, 0.15) is 5.82 Å². The summed E-state index contributed by atoms with van der Waals surface area (Å²) in [6.07, 6.45) is 3.51. The molecule has 0 saturated carbocycles. The lowest BCUT2D eigenvalue weighted by Crippen LogP contribution is -2.37. The van der Waals surface area contributed by atoms with E-state index in [0.29, 0.717) is 12.1 Å². The Bertz CT molecular complexity index is 878. The van der Waals surface area contributed by atoms with Crippen molar-refractivity contribution in [2.45, 2.75) is 51.7 Å². The monoisotopic (exact) mass is 376 g/mol. The molecule has 4 rings (SSSR count). The summed E-state index contributed by atoms with van der Waals surface area (Å²) in [6.45, 7) is 8.70. The molecule has 1 aliphatic rings. The summed E-state index contributed by atoms with van der Waals surface area (Å²) in [4.78, 5) is 7.57. The minimum absolute atomic E-state index is 0.479. The van der Waals surface area contributed by atoms with Crippen molar-refractivity contribution in [2.75, 3.05) is 19.6 Å². The fourth-order valence-corrected chi connectivity index (χ4v) is 4.48. The van der Waals surface area contributed by atoms with Gasteiger partial charge in [0.25, 0.3) is 0 Å². The third kappa shape index (κ3) is 3.98. The Morgan fingerprint density at radius 2 is 1.75 bits per heavy atom. The smallest absolute Gasteiger partial charge is 0.124 e. The first-order valence-corrected chi connectivity index (χ1v) is 10.7. The van der Waals surface area contributed by atoms with Crippen molar-refractivity contribution < 1.29 is 0 Å². The number of nitrogens with one attached hydrogen (secondary N) is 1. The Morgan fingerprint density at radius 1 is 1.04 bits per heavy atom. The van der Waals surface area contributed by atoms with Crippen LogP contribution in [-0.4, -0.2) is 34.1 Å². The molecule has 0 aliphatic carbocycles. The van der Waals surface area contributed by atoms with Crippen LogP contribution in [0.2, 0.25) is 0 Å². The van der Waals surface area contributed by atoms with Gasteiger partial charge in [-0.1, -0.05) is 49.4 Å². The summed E-state index contributed by atoms with van der Waals surface area (Å²) < 4.78 is 2.52. The predicted octanol–water partition coefficient (Wildman–Crippen LogP) is 4.93. The van der Waals surface area contributed by atoms with Crippen molar-refractivity contribution in [3.63, 3.8) is 0 Å². The molecule has 1 atom stereocenters. The summed E-state index contributed by atoms with van der Waals surface area (Å²) in [5.74, 6) is 1.18. The Hall–Kier alpha value is -2.17. The third-order valence-electron chi connectivity index (χ3n) is 6.07. The van der Waals surface area contributed by atoms with E-state index in [9.17, 15) is 0 Å². The van der Waals surface area contributed by atoms with E-state index < -0.39 is 0 Å². The number of likely N-dealkylation sites (tertiary alicyclic amines) is 1. The van der Waals surface area contributed by atoms with Crippen LogP contribution >= 0.6 is 0 Å². The molecule has 0 amide bonds. The van der Waals surface area contributed by atoms with E-state index in [1.54, 1.807) is 0 Å². The van der Waals surface area contributed by atoms with E-state index in [4.69, 9.17) is 4.98 Å². The summed E-state index contributed by atoms with van der Waals surface area (Å²) in [5.41, 5.74) is 3.82. The lowest BCUT2D eigenvalue weighted by atomic mass is 9.99. The van der Waals surface area contributed by atoms with Crippen molar-refractivity contribution in [1.82, 2.24) is 19.8 Å². The standard InChI is InChI=1S/C24H32N4/c1-3-15-25-18-24-26-22-11-7-8-12-23(22)28(24)21-13-16-27(17-14-21)19(2)20-9-5-4-6-10-20/h4-12,19,21,25H,3,13-18H2,1-2H3. The van der Waals surface area contributed by atoms with Crippen LogP contribution in [0.5, 0.6) is 0 Å². The highest BCUT2D eigenvalue weighted by atomic mass is 15.2. The molecule has 0 bridgehead atoms.